The third-order valence-corrected chi connectivity index (χ3v) is 7.09. The van der Waals surface area contributed by atoms with Crippen LogP contribution in [0.1, 0.15) is 50.6 Å². The number of aliphatic hydroxyl groups excluding tert-OH is 1. The summed E-state index contributed by atoms with van der Waals surface area (Å²) >= 11 is 18.8. The summed E-state index contributed by atoms with van der Waals surface area (Å²) in [6.07, 6.45) is 3.62. The van der Waals surface area contributed by atoms with E-state index in [1.54, 1.807) is 12.1 Å². The van der Waals surface area contributed by atoms with Gasteiger partial charge in [-0.3, -0.25) is 9.80 Å². The smallest absolute Gasteiger partial charge is 0.268 e. The summed E-state index contributed by atoms with van der Waals surface area (Å²) in [5.41, 5.74) is 2.10. The molecule has 0 aromatic heterocycles. The Morgan fingerprint density at radius 2 is 1.78 bits per heavy atom. The van der Waals surface area contributed by atoms with Crippen LogP contribution >= 0.6 is 34.8 Å². The van der Waals surface area contributed by atoms with Gasteiger partial charge in [0.25, 0.3) is 5.91 Å². The second kappa shape index (κ2) is 10.0. The zero-order chi connectivity index (χ0) is 22.8. The minimum absolute atomic E-state index is 0.163. The number of rotatable bonds is 5. The Labute approximate surface area is 203 Å². The van der Waals surface area contributed by atoms with Crippen molar-refractivity contribution in [3.05, 3.63) is 63.1 Å². The van der Waals surface area contributed by atoms with E-state index in [1.165, 1.54) is 0 Å². The van der Waals surface area contributed by atoms with Gasteiger partial charge < -0.3 is 10.4 Å². The van der Waals surface area contributed by atoms with Gasteiger partial charge in [0.05, 0.1) is 28.9 Å². The highest BCUT2D eigenvalue weighted by Crippen LogP contribution is 2.43. The maximum Gasteiger partial charge on any atom is 0.268 e. The molecule has 2 aliphatic rings. The van der Waals surface area contributed by atoms with E-state index in [4.69, 9.17) is 39.9 Å². The molecule has 1 aliphatic carbocycles. The molecule has 2 aromatic carbocycles. The Balaban J connectivity index is 1.72. The predicted molar refractivity (Wildman–Crippen MR) is 131 cm³/mol. The van der Waals surface area contributed by atoms with Gasteiger partial charge in [-0.1, -0.05) is 66.7 Å². The van der Waals surface area contributed by atoms with Crippen molar-refractivity contribution in [2.45, 2.75) is 57.2 Å². The molecule has 4 atom stereocenters. The molecule has 0 bridgehead atoms. The van der Waals surface area contributed by atoms with Crippen LogP contribution in [0.2, 0.25) is 15.1 Å². The SMILES string of the molecule is CCC1C(C(=O)N[C@H]2CCCC[C@@H]2O)=NN(c2ccc(Cl)cc2Cl)[C@H]1c1ccc(Cl)cc1. The first-order chi connectivity index (χ1) is 15.4. The van der Waals surface area contributed by atoms with Crippen molar-refractivity contribution < 1.29 is 9.90 Å². The number of hydrogen-bond donors (Lipinski definition) is 2. The number of benzene rings is 2. The fourth-order valence-electron chi connectivity index (χ4n) is 4.63. The number of carbonyl (C=O) groups excluding carboxylic acids is 1. The third-order valence-electron chi connectivity index (χ3n) is 6.30. The van der Waals surface area contributed by atoms with Gasteiger partial charge in [0.2, 0.25) is 0 Å². The molecular weight excluding hydrogens is 469 g/mol. The van der Waals surface area contributed by atoms with Gasteiger partial charge in [0, 0.05) is 16.0 Å². The van der Waals surface area contributed by atoms with Crippen molar-refractivity contribution in [3.8, 4) is 0 Å². The van der Waals surface area contributed by atoms with E-state index >= 15 is 0 Å². The molecule has 8 heteroatoms. The molecule has 1 fully saturated rings. The average Bonchev–Trinajstić information content (AvgIpc) is 3.15. The first-order valence-electron chi connectivity index (χ1n) is 11.0. The van der Waals surface area contributed by atoms with Crippen molar-refractivity contribution in [2.24, 2.45) is 11.0 Å². The first kappa shape index (κ1) is 23.4. The molecule has 0 radical (unpaired) electrons. The molecule has 32 heavy (non-hydrogen) atoms. The summed E-state index contributed by atoms with van der Waals surface area (Å²) in [7, 11) is 0. The zero-order valence-electron chi connectivity index (χ0n) is 17.8. The van der Waals surface area contributed by atoms with Crippen molar-refractivity contribution in [1.82, 2.24) is 5.32 Å². The molecule has 170 valence electrons. The molecule has 1 aliphatic heterocycles. The van der Waals surface area contributed by atoms with Crippen LogP contribution in [0.4, 0.5) is 5.69 Å². The maximum atomic E-state index is 13.3. The highest BCUT2D eigenvalue weighted by atomic mass is 35.5. The number of hydrogen-bond acceptors (Lipinski definition) is 4. The third kappa shape index (κ3) is 4.76. The zero-order valence-corrected chi connectivity index (χ0v) is 20.0. The Kier molecular flexibility index (Phi) is 7.30. The number of nitrogens with zero attached hydrogens (tertiary/aromatic N) is 2. The van der Waals surface area contributed by atoms with Gasteiger partial charge in [-0.05, 0) is 55.2 Å². The van der Waals surface area contributed by atoms with Gasteiger partial charge in [0.1, 0.15) is 5.71 Å². The molecule has 1 heterocycles. The minimum atomic E-state index is -0.524. The molecule has 1 saturated carbocycles. The van der Waals surface area contributed by atoms with Gasteiger partial charge in [-0.25, -0.2) is 0 Å². The van der Waals surface area contributed by atoms with Gasteiger partial charge in [-0.2, -0.15) is 5.10 Å². The lowest BCUT2D eigenvalue weighted by atomic mass is 9.86. The van der Waals surface area contributed by atoms with E-state index in [2.05, 4.69) is 5.32 Å². The predicted octanol–water partition coefficient (Wildman–Crippen LogP) is 6.01. The topological polar surface area (TPSA) is 64.9 Å². The number of aliphatic hydroxyl groups is 1. The Morgan fingerprint density at radius 3 is 2.44 bits per heavy atom. The number of carbonyl (C=O) groups is 1. The quantitative estimate of drug-likeness (QED) is 0.535. The van der Waals surface area contributed by atoms with Crippen molar-refractivity contribution in [2.75, 3.05) is 5.01 Å². The Morgan fingerprint density at radius 1 is 1.09 bits per heavy atom. The van der Waals surface area contributed by atoms with Crippen LogP contribution in [0, 0.1) is 5.92 Å². The normalized spacial score (nSPS) is 25.5. The minimum Gasteiger partial charge on any atom is -0.391 e. The molecule has 1 unspecified atom stereocenters. The summed E-state index contributed by atoms with van der Waals surface area (Å²) in [5.74, 6) is -0.405. The molecule has 5 nitrogen and oxygen atoms in total. The van der Waals surface area contributed by atoms with Crippen LogP contribution in [0.3, 0.4) is 0 Å². The van der Waals surface area contributed by atoms with Crippen LogP contribution in [0.5, 0.6) is 0 Å². The van der Waals surface area contributed by atoms with Gasteiger partial charge >= 0.3 is 0 Å². The second-order valence-corrected chi connectivity index (χ2v) is 9.65. The van der Waals surface area contributed by atoms with Crippen molar-refractivity contribution >= 4 is 52.1 Å². The lowest BCUT2D eigenvalue weighted by Crippen LogP contribution is -2.48. The largest absolute Gasteiger partial charge is 0.391 e. The van der Waals surface area contributed by atoms with Crippen LogP contribution < -0.4 is 10.3 Å². The molecule has 1 amide bonds. The second-order valence-electron chi connectivity index (χ2n) is 8.37. The fraction of sp³-hybridized carbons (Fsp3) is 0.417. The van der Waals surface area contributed by atoms with E-state index in [0.29, 0.717) is 39.3 Å². The number of hydrazone groups is 1. The number of halogens is 3. The van der Waals surface area contributed by atoms with Crippen molar-refractivity contribution in [3.63, 3.8) is 0 Å². The number of anilines is 1. The molecule has 0 saturated heterocycles. The summed E-state index contributed by atoms with van der Waals surface area (Å²) in [5, 5.41) is 21.6. The van der Waals surface area contributed by atoms with Crippen LogP contribution in [-0.2, 0) is 4.79 Å². The van der Waals surface area contributed by atoms with E-state index in [9.17, 15) is 9.90 Å². The molecule has 2 aromatic rings. The number of amides is 1. The molecule has 0 spiro atoms. The summed E-state index contributed by atoms with van der Waals surface area (Å²) in [4.78, 5) is 13.3. The monoisotopic (exact) mass is 493 g/mol. The van der Waals surface area contributed by atoms with Crippen LogP contribution in [0.15, 0.2) is 47.6 Å². The average molecular weight is 495 g/mol. The van der Waals surface area contributed by atoms with Crippen LogP contribution in [-0.4, -0.2) is 28.9 Å². The lowest BCUT2D eigenvalue weighted by Gasteiger charge is -2.30. The first-order valence-corrected chi connectivity index (χ1v) is 12.1. The van der Waals surface area contributed by atoms with Gasteiger partial charge in [-0.15, -0.1) is 0 Å². The molecule has 2 N–H and O–H groups in total. The Bertz CT molecular complexity index is 1010. The summed E-state index contributed by atoms with van der Waals surface area (Å²) < 4.78 is 0. The van der Waals surface area contributed by atoms with E-state index in [0.717, 1.165) is 24.8 Å². The summed E-state index contributed by atoms with van der Waals surface area (Å²) in [6, 6.07) is 12.3. The standard InChI is InChI=1S/C24H26Cl3N3O2/c1-2-17-22(24(32)28-19-5-3-4-6-21(19)31)29-30(20-12-11-16(26)13-18(20)27)23(17)14-7-9-15(25)10-8-14/h7-13,17,19,21,23,31H,2-6H2,1H3,(H,28,32)/t17?,19-,21-,23-/m0/s1. The lowest BCUT2D eigenvalue weighted by molar-refractivity contribution is -0.116. The van der Waals surface area contributed by atoms with E-state index in [-0.39, 0.29) is 23.9 Å². The van der Waals surface area contributed by atoms with Crippen LogP contribution in [0.25, 0.3) is 0 Å². The van der Waals surface area contributed by atoms with E-state index in [1.807, 2.05) is 42.3 Å². The fourth-order valence-corrected chi connectivity index (χ4v) is 5.25. The molecule has 4 rings (SSSR count). The van der Waals surface area contributed by atoms with Gasteiger partial charge in [0.15, 0.2) is 0 Å². The maximum absolute atomic E-state index is 13.3. The highest BCUT2D eigenvalue weighted by molar-refractivity contribution is 6.41. The Hall–Kier alpha value is -1.79. The van der Waals surface area contributed by atoms with Crippen molar-refractivity contribution in [1.29, 1.82) is 0 Å². The molecular formula is C24H26Cl3N3O2. The highest BCUT2D eigenvalue weighted by Gasteiger charge is 2.42. The van der Waals surface area contributed by atoms with E-state index < -0.39 is 6.10 Å². The summed E-state index contributed by atoms with van der Waals surface area (Å²) in [6.45, 7) is 2.04. The number of nitrogens with one attached hydrogen (secondary N) is 1.